The second-order valence-electron chi connectivity index (χ2n) is 10.3. The number of benzene rings is 1. The molecule has 1 unspecified atom stereocenters. The predicted molar refractivity (Wildman–Crippen MR) is 154 cm³/mol. The molecule has 3 aromatic rings. The lowest BCUT2D eigenvalue weighted by molar-refractivity contribution is -0.121. The van der Waals surface area contributed by atoms with Crippen molar-refractivity contribution in [3.8, 4) is 11.1 Å². The van der Waals surface area contributed by atoms with Crippen molar-refractivity contribution in [2.45, 2.75) is 37.9 Å². The summed E-state index contributed by atoms with van der Waals surface area (Å²) in [5.74, 6) is -0.890. The molecule has 1 aliphatic heterocycles. The molecule has 208 valence electrons. The van der Waals surface area contributed by atoms with E-state index in [4.69, 9.17) is 10.5 Å². The monoisotopic (exact) mass is 561 g/mol. The van der Waals surface area contributed by atoms with Crippen LogP contribution in [0.2, 0.25) is 0 Å². The van der Waals surface area contributed by atoms with Gasteiger partial charge in [-0.2, -0.15) is 0 Å². The maximum absolute atomic E-state index is 13.9. The number of nitrogens with zero attached hydrogens (tertiary/aromatic N) is 3. The minimum absolute atomic E-state index is 0.0379. The second-order valence-corrected chi connectivity index (χ2v) is 12.5. The molecule has 2 amide bonds. The zero-order valence-corrected chi connectivity index (χ0v) is 23.4. The number of pyridine rings is 1. The summed E-state index contributed by atoms with van der Waals surface area (Å²) in [6.45, 7) is 7.18. The van der Waals surface area contributed by atoms with Gasteiger partial charge in [-0.3, -0.25) is 9.59 Å². The number of nitrogen functional groups attached to an aromatic ring is 1. The lowest BCUT2D eigenvalue weighted by atomic mass is 9.98. The molecular weight excluding hydrogens is 530 g/mol. The predicted octanol–water partition coefficient (Wildman–Crippen LogP) is 3.76. The fourth-order valence-corrected chi connectivity index (χ4v) is 7.28. The molecule has 1 fully saturated rings. The molecule has 5 rings (SSSR count). The Kier molecular flexibility index (Phi) is 6.87. The maximum atomic E-state index is 13.9. The zero-order valence-electron chi connectivity index (χ0n) is 22.6. The number of carbonyl (C=O) groups excluding carboxylic acids is 2. The third kappa shape index (κ3) is 4.60. The van der Waals surface area contributed by atoms with Crippen molar-refractivity contribution >= 4 is 44.3 Å². The van der Waals surface area contributed by atoms with Crippen molar-refractivity contribution in [2.75, 3.05) is 19.4 Å². The van der Waals surface area contributed by atoms with Gasteiger partial charge in [0.25, 0.3) is 11.8 Å². The Morgan fingerprint density at radius 3 is 2.65 bits per heavy atom. The molecule has 3 N–H and O–H groups in total. The van der Waals surface area contributed by atoms with Crippen LogP contribution in [-0.2, 0) is 19.6 Å². The average Bonchev–Trinajstić information content (AvgIpc) is 3.64. The number of carbonyl (C=O) groups is 2. The van der Waals surface area contributed by atoms with Gasteiger partial charge in [0.15, 0.2) is 0 Å². The Labute approximate surface area is 232 Å². The highest BCUT2D eigenvalue weighted by atomic mass is 32.2. The highest BCUT2D eigenvalue weighted by molar-refractivity contribution is 7.91. The summed E-state index contributed by atoms with van der Waals surface area (Å²) in [7, 11) is -2.34. The normalized spacial score (nSPS) is 18.2. The Morgan fingerprint density at radius 1 is 1.27 bits per heavy atom. The molecule has 40 heavy (non-hydrogen) atoms. The number of anilines is 1. The van der Waals surface area contributed by atoms with E-state index in [1.807, 2.05) is 0 Å². The number of ether oxygens (including phenoxy) is 1. The quantitative estimate of drug-likeness (QED) is 0.378. The van der Waals surface area contributed by atoms with Crippen LogP contribution in [0.3, 0.4) is 0 Å². The zero-order chi connectivity index (χ0) is 28.8. The van der Waals surface area contributed by atoms with Gasteiger partial charge in [0, 0.05) is 41.2 Å². The van der Waals surface area contributed by atoms with Crippen LogP contribution in [-0.4, -0.2) is 53.3 Å². The van der Waals surface area contributed by atoms with E-state index in [1.165, 1.54) is 11.1 Å². The Hall–Kier alpha value is -4.25. The van der Waals surface area contributed by atoms with Crippen molar-refractivity contribution in [1.29, 1.82) is 0 Å². The maximum Gasteiger partial charge on any atom is 0.258 e. The molecule has 0 radical (unpaired) electrons. The third-order valence-corrected chi connectivity index (χ3v) is 10.0. The minimum Gasteiger partial charge on any atom is -0.500 e. The largest absolute Gasteiger partial charge is 0.500 e. The van der Waals surface area contributed by atoms with Crippen LogP contribution in [0.4, 0.5) is 5.82 Å². The van der Waals surface area contributed by atoms with Gasteiger partial charge >= 0.3 is 0 Å². The standard InChI is InChI=1S/C29H31N5O5S/c1-5-8-29(9-10-29)40(37,38)34-16-17(2)26-21(12-20(13-23(26)34)19-6-7-25(30)31-14-19)27(35)32-15-22-24(39-4)11-18(3)33-28(22)36/h5-7,11-14,16,22H,1,8-10,15H2,2-4H3,(H2,30,31)(H,32,35). The number of aromatic nitrogens is 2. The van der Waals surface area contributed by atoms with Gasteiger partial charge in [-0.1, -0.05) is 6.08 Å². The number of nitrogens with one attached hydrogen (secondary N) is 1. The van der Waals surface area contributed by atoms with E-state index < -0.39 is 32.5 Å². The molecule has 0 spiro atoms. The summed E-state index contributed by atoms with van der Waals surface area (Å²) in [6.07, 6.45) is 7.87. The van der Waals surface area contributed by atoms with Crippen molar-refractivity contribution in [3.05, 3.63) is 72.3 Å². The second kappa shape index (κ2) is 10.1. The summed E-state index contributed by atoms with van der Waals surface area (Å²) in [6, 6.07) is 6.85. The Morgan fingerprint density at radius 2 is 2.02 bits per heavy atom. The lowest BCUT2D eigenvalue weighted by Crippen LogP contribution is -2.35. The molecule has 1 aliphatic carbocycles. The number of dihydropyridines is 1. The van der Waals surface area contributed by atoms with Gasteiger partial charge < -0.3 is 15.8 Å². The van der Waals surface area contributed by atoms with Gasteiger partial charge in [0.05, 0.1) is 17.4 Å². The fourth-order valence-electron chi connectivity index (χ4n) is 5.22. The van der Waals surface area contributed by atoms with Gasteiger partial charge in [-0.05, 0) is 74.6 Å². The van der Waals surface area contributed by atoms with Crippen molar-refractivity contribution < 1.29 is 22.7 Å². The first-order chi connectivity index (χ1) is 19.0. The van der Waals surface area contributed by atoms with Crippen LogP contribution in [0, 0.1) is 12.8 Å². The smallest absolute Gasteiger partial charge is 0.258 e. The van der Waals surface area contributed by atoms with E-state index in [1.54, 1.807) is 62.7 Å². The number of nitrogens with two attached hydrogens (primary N) is 1. The first-order valence-electron chi connectivity index (χ1n) is 12.9. The lowest BCUT2D eigenvalue weighted by Gasteiger charge is -2.20. The van der Waals surface area contributed by atoms with E-state index in [-0.39, 0.29) is 12.1 Å². The van der Waals surface area contributed by atoms with Gasteiger partial charge in [0.1, 0.15) is 17.5 Å². The third-order valence-electron chi connectivity index (χ3n) is 7.54. The van der Waals surface area contributed by atoms with Crippen LogP contribution < -0.4 is 11.1 Å². The molecular formula is C29H31N5O5S. The van der Waals surface area contributed by atoms with Gasteiger partial charge in [-0.25, -0.2) is 22.4 Å². The van der Waals surface area contributed by atoms with Gasteiger partial charge in [0.2, 0.25) is 10.0 Å². The van der Waals surface area contributed by atoms with Crippen molar-refractivity contribution in [2.24, 2.45) is 10.9 Å². The number of hydrogen-bond donors (Lipinski definition) is 2. The molecule has 1 saturated carbocycles. The Balaban J connectivity index is 1.61. The van der Waals surface area contributed by atoms with Crippen LogP contribution in [0.25, 0.3) is 22.0 Å². The summed E-state index contributed by atoms with van der Waals surface area (Å²) in [5, 5.41) is 3.35. The summed E-state index contributed by atoms with van der Waals surface area (Å²) in [4.78, 5) is 34.4. The molecule has 0 bridgehead atoms. The number of amides is 2. The summed E-state index contributed by atoms with van der Waals surface area (Å²) < 4.78 is 33.5. The number of rotatable bonds is 9. The summed E-state index contributed by atoms with van der Waals surface area (Å²) >= 11 is 0. The van der Waals surface area contributed by atoms with E-state index in [0.29, 0.717) is 64.1 Å². The number of aliphatic imine (C=N–C) groups is 1. The topological polar surface area (TPSA) is 146 Å². The first kappa shape index (κ1) is 27.3. The number of fused-ring (bicyclic) bond motifs is 1. The average molecular weight is 562 g/mol. The SMILES string of the molecule is C=CCC1(S(=O)(=O)n2cc(C)c3c(C(=O)NCC4C(=O)N=C(C)C=C4OC)cc(-c4ccc(N)nc4)cc32)CC1. The van der Waals surface area contributed by atoms with E-state index in [9.17, 15) is 18.0 Å². The van der Waals surface area contributed by atoms with E-state index in [2.05, 4.69) is 21.9 Å². The summed E-state index contributed by atoms with van der Waals surface area (Å²) in [5.41, 5.74) is 8.86. The molecule has 1 aromatic carbocycles. The van der Waals surface area contributed by atoms with Crippen LogP contribution in [0.15, 0.2) is 66.1 Å². The first-order valence-corrected chi connectivity index (χ1v) is 14.3. The van der Waals surface area contributed by atoms with Crippen molar-refractivity contribution in [1.82, 2.24) is 14.3 Å². The van der Waals surface area contributed by atoms with E-state index in [0.717, 1.165) is 0 Å². The highest BCUT2D eigenvalue weighted by Crippen LogP contribution is 2.49. The molecule has 1 atom stereocenters. The van der Waals surface area contributed by atoms with E-state index >= 15 is 0 Å². The van der Waals surface area contributed by atoms with Crippen LogP contribution >= 0.6 is 0 Å². The molecule has 2 aromatic heterocycles. The minimum atomic E-state index is -3.80. The molecule has 11 heteroatoms. The van der Waals surface area contributed by atoms with Crippen molar-refractivity contribution in [3.63, 3.8) is 0 Å². The number of allylic oxidation sites excluding steroid dienone is 2. The number of aryl methyl sites for hydroxylation is 1. The molecule has 0 saturated heterocycles. The fraction of sp³-hybridized carbons (Fsp3) is 0.310. The van der Waals surface area contributed by atoms with Crippen LogP contribution in [0.1, 0.15) is 42.1 Å². The molecule has 2 aliphatic rings. The van der Waals surface area contributed by atoms with Crippen LogP contribution in [0.5, 0.6) is 0 Å². The molecule has 3 heterocycles. The Bertz CT molecular complexity index is 1710. The van der Waals surface area contributed by atoms with Gasteiger partial charge in [-0.15, -0.1) is 6.58 Å². The molecule has 10 nitrogen and oxygen atoms in total. The number of methoxy groups -OCH3 is 1. The number of hydrogen-bond acceptors (Lipinski definition) is 7. The highest BCUT2D eigenvalue weighted by Gasteiger charge is 2.54.